The van der Waals surface area contributed by atoms with E-state index < -0.39 is 32.5 Å². The quantitative estimate of drug-likeness (QED) is 0.0157. The summed E-state index contributed by atoms with van der Waals surface area (Å²) in [6, 6.07) is 0. The van der Waals surface area contributed by atoms with Gasteiger partial charge in [-0.3, -0.25) is 23.4 Å². The SMILES string of the molecule is CC/C=C\C/C=C\C/C=C\CCCCCCCC(=O)OC[C@H](COP(=O)(O)OCCN)OC(=O)CCCC(=O)/C=C/C=C\C/C=C\C/C=C\CCCCC. The van der Waals surface area contributed by atoms with Gasteiger partial charge in [-0.15, -0.1) is 0 Å². The van der Waals surface area contributed by atoms with Crippen LogP contribution in [0, 0.1) is 0 Å². The van der Waals surface area contributed by atoms with Gasteiger partial charge >= 0.3 is 19.8 Å². The van der Waals surface area contributed by atoms with Crippen LogP contribution in [0.4, 0.5) is 0 Å². The number of rotatable bonds is 36. The molecule has 0 radical (unpaired) electrons. The molecule has 1 unspecified atom stereocenters. The Morgan fingerprint density at radius 1 is 0.630 bits per heavy atom. The molecule has 0 aromatic heterocycles. The van der Waals surface area contributed by atoms with Crippen molar-refractivity contribution in [3.05, 3.63) is 85.1 Å². The van der Waals surface area contributed by atoms with Crippen molar-refractivity contribution >= 4 is 25.5 Å². The predicted molar refractivity (Wildman–Crippen MR) is 220 cm³/mol. The molecule has 0 aromatic carbocycles. The molecule has 0 aliphatic rings. The Kier molecular flexibility index (Phi) is 35.9. The molecule has 0 aromatic rings. The van der Waals surface area contributed by atoms with E-state index in [-0.39, 0.29) is 51.2 Å². The molecule has 0 bridgehead atoms. The lowest BCUT2D eigenvalue weighted by Crippen LogP contribution is -2.29. The van der Waals surface area contributed by atoms with E-state index >= 15 is 0 Å². The van der Waals surface area contributed by atoms with E-state index in [0.717, 1.165) is 70.6 Å². The van der Waals surface area contributed by atoms with Crippen LogP contribution in [0.1, 0.15) is 136 Å². The number of nitrogens with two attached hydrogens (primary N) is 1. The number of carbonyl (C=O) groups is 3. The highest BCUT2D eigenvalue weighted by Gasteiger charge is 2.26. The van der Waals surface area contributed by atoms with E-state index in [0.29, 0.717) is 6.42 Å². The highest BCUT2D eigenvalue weighted by molar-refractivity contribution is 7.47. The van der Waals surface area contributed by atoms with Gasteiger partial charge in [-0.05, 0) is 76.7 Å². The summed E-state index contributed by atoms with van der Waals surface area (Å²) in [5.41, 5.74) is 5.32. The van der Waals surface area contributed by atoms with Crippen molar-refractivity contribution in [3.8, 4) is 0 Å². The third kappa shape index (κ3) is 37.2. The molecule has 0 fully saturated rings. The van der Waals surface area contributed by atoms with Crippen LogP contribution in [-0.4, -0.2) is 55.1 Å². The normalized spacial score (nSPS) is 14.1. The first-order valence-electron chi connectivity index (χ1n) is 20.0. The number of unbranched alkanes of at least 4 members (excludes halogenated alkanes) is 8. The maximum atomic E-state index is 12.5. The van der Waals surface area contributed by atoms with Crippen LogP contribution < -0.4 is 5.73 Å². The number of allylic oxidation sites excluding steroid dienone is 14. The minimum atomic E-state index is -4.45. The summed E-state index contributed by atoms with van der Waals surface area (Å²) < 4.78 is 32.5. The Hall–Kier alpha value is -3.14. The van der Waals surface area contributed by atoms with Crippen LogP contribution in [0.2, 0.25) is 0 Å². The number of phosphoric acid groups is 1. The second-order valence-corrected chi connectivity index (χ2v) is 14.3. The minimum absolute atomic E-state index is 0.00926. The molecule has 0 heterocycles. The van der Waals surface area contributed by atoms with E-state index in [4.69, 9.17) is 24.3 Å². The fraction of sp³-hybridized carbons (Fsp3) is 0.605. The first-order valence-corrected chi connectivity index (χ1v) is 21.5. The number of ether oxygens (including phenoxy) is 2. The van der Waals surface area contributed by atoms with Gasteiger partial charge in [-0.25, -0.2) is 4.57 Å². The van der Waals surface area contributed by atoms with Gasteiger partial charge in [0.05, 0.1) is 13.2 Å². The summed E-state index contributed by atoms with van der Waals surface area (Å²) in [6.07, 6.45) is 43.3. The van der Waals surface area contributed by atoms with Crippen molar-refractivity contribution in [2.45, 2.75) is 142 Å². The molecule has 3 N–H and O–H groups in total. The van der Waals surface area contributed by atoms with Gasteiger partial charge in [0.2, 0.25) is 0 Å². The van der Waals surface area contributed by atoms with Gasteiger partial charge in [-0.1, -0.05) is 125 Å². The smallest absolute Gasteiger partial charge is 0.462 e. The molecule has 0 rings (SSSR count). The lowest BCUT2D eigenvalue weighted by atomic mass is 10.1. The Balaban J connectivity index is 4.46. The summed E-state index contributed by atoms with van der Waals surface area (Å²) in [4.78, 5) is 47.0. The standard InChI is InChI=1S/C43H70NO9P/c1-3-5-7-9-11-13-15-17-18-20-22-24-26-28-30-34-42(46)50-38-41(39-52-54(48,49)51-37-36-44)53-43(47)35-31-33-40(45)32-29-27-25-23-21-19-16-14-12-10-8-6-4-2/h5,7,11-14,17-19,21,25,27,29,32,41H,3-4,6,8-10,15-16,20,22-24,26,28,30-31,33-39,44H2,1-2H3,(H,48,49)/b7-5-,13-11-,14-12-,18-17-,21-19-,27-25-,32-29+/t41-/m1/s1. The Morgan fingerprint density at radius 3 is 1.85 bits per heavy atom. The molecular formula is C43H70NO9P. The number of carbonyl (C=O) groups excluding carboxylic acids is 3. The van der Waals surface area contributed by atoms with Crippen LogP contribution in [0.3, 0.4) is 0 Å². The highest BCUT2D eigenvalue weighted by atomic mass is 31.2. The number of hydrogen-bond donors (Lipinski definition) is 2. The molecule has 2 atom stereocenters. The fourth-order valence-corrected chi connectivity index (χ4v) is 5.54. The summed E-state index contributed by atoms with van der Waals surface area (Å²) in [7, 11) is -4.45. The number of hydrogen-bond acceptors (Lipinski definition) is 9. The average molecular weight is 776 g/mol. The molecule has 0 amide bonds. The molecule has 10 nitrogen and oxygen atoms in total. The van der Waals surface area contributed by atoms with E-state index in [1.165, 1.54) is 25.3 Å². The van der Waals surface area contributed by atoms with Crippen molar-refractivity contribution in [3.63, 3.8) is 0 Å². The zero-order valence-electron chi connectivity index (χ0n) is 33.2. The topological polar surface area (TPSA) is 151 Å². The monoisotopic (exact) mass is 775 g/mol. The zero-order chi connectivity index (χ0) is 39.8. The molecule has 0 saturated carbocycles. The molecule has 54 heavy (non-hydrogen) atoms. The maximum Gasteiger partial charge on any atom is 0.472 e. The number of esters is 2. The molecular weight excluding hydrogens is 705 g/mol. The van der Waals surface area contributed by atoms with Crippen LogP contribution >= 0.6 is 7.82 Å². The summed E-state index contributed by atoms with van der Waals surface area (Å²) >= 11 is 0. The van der Waals surface area contributed by atoms with Crippen molar-refractivity contribution in [1.29, 1.82) is 0 Å². The largest absolute Gasteiger partial charge is 0.472 e. The third-order valence-corrected chi connectivity index (χ3v) is 8.73. The summed E-state index contributed by atoms with van der Waals surface area (Å²) in [5.74, 6) is -1.24. The van der Waals surface area contributed by atoms with Crippen LogP contribution in [-0.2, 0) is 37.5 Å². The summed E-state index contributed by atoms with van der Waals surface area (Å²) in [5, 5.41) is 0. The van der Waals surface area contributed by atoms with Gasteiger partial charge in [0.15, 0.2) is 11.9 Å². The van der Waals surface area contributed by atoms with Crippen molar-refractivity contribution in [1.82, 2.24) is 0 Å². The fourth-order valence-electron chi connectivity index (χ4n) is 4.78. The molecule has 0 aliphatic carbocycles. The molecule has 306 valence electrons. The summed E-state index contributed by atoms with van der Waals surface area (Å²) in [6.45, 7) is 3.25. The van der Waals surface area contributed by atoms with E-state index in [1.807, 2.05) is 12.2 Å². The van der Waals surface area contributed by atoms with Gasteiger partial charge in [0.25, 0.3) is 0 Å². The number of phosphoric ester groups is 1. The Morgan fingerprint density at radius 2 is 1.20 bits per heavy atom. The molecule has 11 heteroatoms. The predicted octanol–water partition coefficient (Wildman–Crippen LogP) is 10.4. The van der Waals surface area contributed by atoms with Crippen LogP contribution in [0.15, 0.2) is 85.1 Å². The zero-order valence-corrected chi connectivity index (χ0v) is 34.1. The first kappa shape index (κ1) is 50.9. The number of ketones is 1. The van der Waals surface area contributed by atoms with E-state index in [9.17, 15) is 23.8 Å². The lowest BCUT2D eigenvalue weighted by Gasteiger charge is -2.19. The van der Waals surface area contributed by atoms with E-state index in [2.05, 4.69) is 74.6 Å². The Labute approximate surface area is 326 Å². The minimum Gasteiger partial charge on any atom is -0.462 e. The highest BCUT2D eigenvalue weighted by Crippen LogP contribution is 2.43. The second kappa shape index (κ2) is 38.1. The average Bonchev–Trinajstić information content (AvgIpc) is 3.15. The van der Waals surface area contributed by atoms with Gasteiger partial charge in [0, 0.05) is 25.8 Å². The van der Waals surface area contributed by atoms with Gasteiger partial charge < -0.3 is 20.1 Å². The van der Waals surface area contributed by atoms with Gasteiger partial charge in [-0.2, -0.15) is 0 Å². The lowest BCUT2D eigenvalue weighted by molar-refractivity contribution is -0.161. The first-order chi connectivity index (χ1) is 26.2. The van der Waals surface area contributed by atoms with Crippen molar-refractivity contribution in [2.75, 3.05) is 26.4 Å². The van der Waals surface area contributed by atoms with Crippen molar-refractivity contribution in [2.24, 2.45) is 5.73 Å². The van der Waals surface area contributed by atoms with Gasteiger partial charge in [0.1, 0.15) is 6.61 Å². The molecule has 0 aliphatic heterocycles. The molecule has 0 spiro atoms. The van der Waals surface area contributed by atoms with E-state index in [1.54, 1.807) is 6.08 Å². The second-order valence-electron chi connectivity index (χ2n) is 12.8. The van der Waals surface area contributed by atoms with Crippen LogP contribution in [0.25, 0.3) is 0 Å². The maximum absolute atomic E-state index is 12.5. The third-order valence-electron chi connectivity index (χ3n) is 7.74. The van der Waals surface area contributed by atoms with Crippen molar-refractivity contribution < 1.29 is 42.4 Å². The molecule has 0 saturated heterocycles. The van der Waals surface area contributed by atoms with Crippen LogP contribution in [0.5, 0.6) is 0 Å². The Bertz CT molecular complexity index is 1220.